The van der Waals surface area contributed by atoms with Crippen molar-refractivity contribution in [3.8, 4) is 11.5 Å². The van der Waals surface area contributed by atoms with Gasteiger partial charge >= 0.3 is 0 Å². The molecule has 0 unspecified atom stereocenters. The predicted octanol–water partition coefficient (Wildman–Crippen LogP) is 4.65. The first-order valence-corrected chi connectivity index (χ1v) is 10.1. The van der Waals surface area contributed by atoms with Crippen molar-refractivity contribution < 1.29 is 19.1 Å². The van der Waals surface area contributed by atoms with Crippen molar-refractivity contribution in [2.45, 2.75) is 13.5 Å². The Morgan fingerprint density at radius 1 is 1.03 bits per heavy atom. The largest absolute Gasteiger partial charge is 0.493 e. The van der Waals surface area contributed by atoms with Gasteiger partial charge in [-0.15, -0.1) is 0 Å². The first-order chi connectivity index (χ1) is 15.5. The molecule has 0 atom stereocenters. The summed E-state index contributed by atoms with van der Waals surface area (Å²) in [4.78, 5) is 23.3. The van der Waals surface area contributed by atoms with E-state index >= 15 is 0 Å². The van der Waals surface area contributed by atoms with Gasteiger partial charge in [0.25, 0.3) is 5.91 Å². The summed E-state index contributed by atoms with van der Waals surface area (Å²) in [7, 11) is 1.55. The Hall–Kier alpha value is -3.84. The third-order valence-corrected chi connectivity index (χ3v) is 4.74. The fourth-order valence-electron chi connectivity index (χ4n) is 2.79. The van der Waals surface area contributed by atoms with Crippen molar-refractivity contribution in [2.75, 3.05) is 12.4 Å². The average molecular weight is 452 g/mol. The highest BCUT2D eigenvalue weighted by atomic mass is 35.5. The number of amides is 2. The quantitative estimate of drug-likeness (QED) is 0.385. The van der Waals surface area contributed by atoms with E-state index in [0.29, 0.717) is 39.9 Å². The lowest BCUT2D eigenvalue weighted by molar-refractivity contribution is -0.114. The normalized spacial score (nSPS) is 10.6. The molecule has 0 aliphatic heterocycles. The molecule has 7 nitrogen and oxygen atoms in total. The van der Waals surface area contributed by atoms with Crippen molar-refractivity contribution in [2.24, 2.45) is 5.10 Å². The van der Waals surface area contributed by atoms with Crippen LogP contribution in [0.5, 0.6) is 11.5 Å². The number of benzene rings is 3. The maximum Gasteiger partial charge on any atom is 0.271 e. The van der Waals surface area contributed by atoms with Gasteiger partial charge in [0, 0.05) is 28.8 Å². The highest BCUT2D eigenvalue weighted by Gasteiger charge is 2.08. The summed E-state index contributed by atoms with van der Waals surface area (Å²) in [6.07, 6.45) is 1.50. The van der Waals surface area contributed by atoms with Crippen molar-refractivity contribution in [3.05, 3.63) is 88.4 Å². The summed E-state index contributed by atoms with van der Waals surface area (Å²) in [5, 5.41) is 7.27. The van der Waals surface area contributed by atoms with Crippen LogP contribution in [-0.2, 0) is 11.4 Å². The highest BCUT2D eigenvalue weighted by molar-refractivity contribution is 6.31. The summed E-state index contributed by atoms with van der Waals surface area (Å²) < 4.78 is 11.2. The van der Waals surface area contributed by atoms with Crippen molar-refractivity contribution in [1.29, 1.82) is 0 Å². The van der Waals surface area contributed by atoms with Gasteiger partial charge in [0.15, 0.2) is 11.5 Å². The van der Waals surface area contributed by atoms with Gasteiger partial charge in [0.2, 0.25) is 5.91 Å². The summed E-state index contributed by atoms with van der Waals surface area (Å²) in [5.74, 6) is 0.540. The molecule has 164 valence electrons. The van der Waals surface area contributed by atoms with Crippen LogP contribution in [0.3, 0.4) is 0 Å². The molecule has 0 bridgehead atoms. The molecular weight excluding hydrogens is 430 g/mol. The third kappa shape index (κ3) is 6.33. The summed E-state index contributed by atoms with van der Waals surface area (Å²) >= 11 is 6.16. The molecule has 2 N–H and O–H groups in total. The maximum atomic E-state index is 12.2. The Morgan fingerprint density at radius 3 is 2.47 bits per heavy atom. The number of anilines is 1. The fourth-order valence-corrected chi connectivity index (χ4v) is 2.98. The number of halogens is 1. The van der Waals surface area contributed by atoms with Crippen LogP contribution in [0.4, 0.5) is 5.69 Å². The van der Waals surface area contributed by atoms with Crippen LogP contribution >= 0.6 is 11.6 Å². The van der Waals surface area contributed by atoms with Crippen LogP contribution < -0.4 is 20.2 Å². The summed E-state index contributed by atoms with van der Waals surface area (Å²) in [6, 6.07) is 19.3. The smallest absolute Gasteiger partial charge is 0.271 e. The van der Waals surface area contributed by atoms with Crippen molar-refractivity contribution >= 4 is 35.3 Å². The van der Waals surface area contributed by atoms with Crippen LogP contribution in [0.15, 0.2) is 71.8 Å². The Balaban J connectivity index is 1.60. The van der Waals surface area contributed by atoms with Crippen LogP contribution in [-0.4, -0.2) is 25.1 Å². The van der Waals surface area contributed by atoms with Gasteiger partial charge in [-0.1, -0.05) is 29.8 Å². The molecule has 0 heterocycles. The molecule has 32 heavy (non-hydrogen) atoms. The number of methoxy groups -OCH3 is 1. The van der Waals surface area contributed by atoms with Crippen LogP contribution in [0.2, 0.25) is 5.02 Å². The molecule has 0 fully saturated rings. The summed E-state index contributed by atoms with van der Waals surface area (Å²) in [5.41, 5.74) is 5.08. The first kappa shape index (κ1) is 22.8. The van der Waals surface area contributed by atoms with Gasteiger partial charge in [-0.2, -0.15) is 5.10 Å². The lowest BCUT2D eigenvalue weighted by Gasteiger charge is -2.12. The van der Waals surface area contributed by atoms with Gasteiger partial charge < -0.3 is 14.8 Å². The van der Waals surface area contributed by atoms with E-state index in [0.717, 1.165) is 5.56 Å². The monoisotopic (exact) mass is 451 g/mol. The molecular formula is C24H22ClN3O4. The molecule has 0 aliphatic carbocycles. The van der Waals surface area contributed by atoms with Crippen molar-refractivity contribution in [3.63, 3.8) is 0 Å². The zero-order valence-electron chi connectivity index (χ0n) is 17.6. The Bertz CT molecular complexity index is 1130. The minimum Gasteiger partial charge on any atom is -0.493 e. The number of carbonyl (C=O) groups is 2. The second-order valence-electron chi connectivity index (χ2n) is 6.75. The number of ether oxygens (including phenoxy) is 2. The fraction of sp³-hybridized carbons (Fsp3) is 0.125. The van der Waals surface area contributed by atoms with Crippen molar-refractivity contribution in [1.82, 2.24) is 5.43 Å². The molecule has 0 saturated heterocycles. The number of carbonyl (C=O) groups excluding carboxylic acids is 2. The van der Waals surface area contributed by atoms with Gasteiger partial charge in [0.05, 0.1) is 13.3 Å². The number of nitrogens with zero attached hydrogens (tertiary/aromatic N) is 1. The van der Waals surface area contributed by atoms with Gasteiger partial charge in [-0.25, -0.2) is 5.43 Å². The van der Waals surface area contributed by atoms with E-state index in [-0.39, 0.29) is 11.8 Å². The number of hydrazone groups is 1. The van der Waals surface area contributed by atoms with Gasteiger partial charge in [-0.3, -0.25) is 9.59 Å². The van der Waals surface area contributed by atoms with Gasteiger partial charge in [-0.05, 0) is 54.1 Å². The first-order valence-electron chi connectivity index (χ1n) is 9.71. The van der Waals surface area contributed by atoms with E-state index in [2.05, 4.69) is 15.8 Å². The molecule has 0 aliphatic rings. The molecule has 2 amide bonds. The Kier molecular flexibility index (Phi) is 7.83. The van der Waals surface area contributed by atoms with E-state index in [9.17, 15) is 9.59 Å². The van der Waals surface area contributed by atoms with Crippen LogP contribution in [0.1, 0.15) is 28.4 Å². The number of rotatable bonds is 8. The standard InChI is InChI=1S/C24H22ClN3O4/c1-16(29)27-20-10-8-18(9-11-20)24(30)28-26-14-17-7-12-22(23(13-17)31-2)32-15-19-5-3-4-6-21(19)25/h3-14H,15H2,1-2H3,(H,27,29)(H,28,30)/b26-14-. The van der Waals surface area contributed by atoms with Crippen LogP contribution in [0.25, 0.3) is 0 Å². The molecule has 3 rings (SSSR count). The molecule has 0 aromatic heterocycles. The second kappa shape index (κ2) is 11.0. The minimum atomic E-state index is -0.373. The zero-order valence-corrected chi connectivity index (χ0v) is 18.3. The lowest BCUT2D eigenvalue weighted by atomic mass is 10.2. The molecule has 0 saturated carbocycles. The minimum absolute atomic E-state index is 0.178. The summed E-state index contributed by atoms with van der Waals surface area (Å²) in [6.45, 7) is 1.72. The SMILES string of the molecule is COc1cc(/C=N\NC(=O)c2ccc(NC(C)=O)cc2)ccc1OCc1ccccc1Cl. The molecule has 3 aromatic rings. The van der Waals surface area contributed by atoms with E-state index < -0.39 is 0 Å². The number of nitrogens with one attached hydrogen (secondary N) is 2. The van der Waals surface area contributed by atoms with Gasteiger partial charge in [0.1, 0.15) is 6.61 Å². The lowest BCUT2D eigenvalue weighted by Crippen LogP contribution is -2.17. The van der Waals surface area contributed by atoms with E-state index in [1.165, 1.54) is 13.1 Å². The van der Waals surface area contributed by atoms with Crippen LogP contribution in [0, 0.1) is 0 Å². The second-order valence-corrected chi connectivity index (χ2v) is 7.16. The van der Waals surface area contributed by atoms with E-state index in [1.807, 2.05) is 24.3 Å². The Labute approximate surface area is 191 Å². The molecule has 0 radical (unpaired) electrons. The highest BCUT2D eigenvalue weighted by Crippen LogP contribution is 2.29. The third-order valence-electron chi connectivity index (χ3n) is 4.38. The molecule has 3 aromatic carbocycles. The predicted molar refractivity (Wildman–Crippen MR) is 125 cm³/mol. The Morgan fingerprint density at radius 2 is 1.78 bits per heavy atom. The number of hydrogen-bond donors (Lipinski definition) is 2. The zero-order chi connectivity index (χ0) is 22.9. The average Bonchev–Trinajstić information content (AvgIpc) is 2.79. The number of hydrogen-bond acceptors (Lipinski definition) is 5. The van der Waals surface area contributed by atoms with E-state index in [1.54, 1.807) is 49.6 Å². The molecule has 0 spiro atoms. The topological polar surface area (TPSA) is 89.0 Å². The van der Waals surface area contributed by atoms with E-state index in [4.69, 9.17) is 21.1 Å². The maximum absolute atomic E-state index is 12.2. The molecule has 8 heteroatoms.